The smallest absolute Gasteiger partial charge is 0.339 e. The molecule has 0 atom stereocenters. The zero-order chi connectivity index (χ0) is 13.9. The van der Waals surface area contributed by atoms with Crippen molar-refractivity contribution in [3.63, 3.8) is 0 Å². The Bertz CT molecular complexity index is 622. The maximum absolute atomic E-state index is 11.0. The average Bonchev–Trinajstić information content (AvgIpc) is 3.19. The summed E-state index contributed by atoms with van der Waals surface area (Å²) in [7, 11) is 0. The summed E-state index contributed by atoms with van der Waals surface area (Å²) in [4.78, 5) is 12.5. The summed E-state index contributed by atoms with van der Waals surface area (Å²) in [5.74, 6) is 0.603. The number of ether oxygens (including phenoxy) is 1. The van der Waals surface area contributed by atoms with Crippen LogP contribution in [0.2, 0.25) is 0 Å². The molecule has 7 heteroatoms. The number of rotatable bonds is 6. The SMILES string of the molecule is O=C(O)c1ccccc1OCCn1nnc(C2CC2)n1. The van der Waals surface area contributed by atoms with Crippen LogP contribution < -0.4 is 4.74 Å². The molecule has 0 bridgehead atoms. The number of tetrazole rings is 1. The number of benzene rings is 1. The molecule has 0 spiro atoms. The molecule has 1 aromatic heterocycles. The molecule has 1 aliphatic carbocycles. The van der Waals surface area contributed by atoms with Gasteiger partial charge in [-0.1, -0.05) is 12.1 Å². The van der Waals surface area contributed by atoms with Crippen LogP contribution in [0.1, 0.15) is 34.9 Å². The fourth-order valence-corrected chi connectivity index (χ4v) is 1.86. The maximum atomic E-state index is 11.0. The van der Waals surface area contributed by atoms with Crippen LogP contribution in [0, 0.1) is 0 Å². The number of aromatic carboxylic acids is 1. The molecule has 1 saturated carbocycles. The third-order valence-electron chi connectivity index (χ3n) is 3.08. The van der Waals surface area contributed by atoms with Crippen LogP contribution in [0.3, 0.4) is 0 Å². The number of carbonyl (C=O) groups is 1. The van der Waals surface area contributed by atoms with E-state index in [0.29, 0.717) is 24.8 Å². The second-order valence-corrected chi connectivity index (χ2v) is 4.67. The molecule has 7 nitrogen and oxygen atoms in total. The monoisotopic (exact) mass is 274 g/mol. The van der Waals surface area contributed by atoms with Crippen molar-refractivity contribution in [3.05, 3.63) is 35.7 Å². The van der Waals surface area contributed by atoms with Gasteiger partial charge in [-0.05, 0) is 30.2 Å². The quantitative estimate of drug-likeness (QED) is 0.854. The van der Waals surface area contributed by atoms with E-state index in [0.717, 1.165) is 18.7 Å². The largest absolute Gasteiger partial charge is 0.491 e. The first-order valence-corrected chi connectivity index (χ1v) is 6.47. The second-order valence-electron chi connectivity index (χ2n) is 4.67. The molecule has 0 aliphatic heterocycles. The Hall–Kier alpha value is -2.44. The molecule has 104 valence electrons. The van der Waals surface area contributed by atoms with Gasteiger partial charge in [0, 0.05) is 5.92 Å². The van der Waals surface area contributed by atoms with Crippen molar-refractivity contribution in [1.82, 2.24) is 20.2 Å². The lowest BCUT2D eigenvalue weighted by molar-refractivity contribution is 0.0692. The summed E-state index contributed by atoms with van der Waals surface area (Å²) >= 11 is 0. The van der Waals surface area contributed by atoms with E-state index in [1.54, 1.807) is 18.2 Å². The van der Waals surface area contributed by atoms with E-state index < -0.39 is 5.97 Å². The molecule has 1 aliphatic rings. The van der Waals surface area contributed by atoms with E-state index >= 15 is 0 Å². The lowest BCUT2D eigenvalue weighted by Gasteiger charge is -2.07. The third kappa shape index (κ3) is 2.76. The molecule has 1 heterocycles. The molecule has 1 N–H and O–H groups in total. The van der Waals surface area contributed by atoms with Gasteiger partial charge < -0.3 is 9.84 Å². The summed E-state index contributed by atoms with van der Waals surface area (Å²) in [5.41, 5.74) is 0.151. The zero-order valence-electron chi connectivity index (χ0n) is 10.8. The van der Waals surface area contributed by atoms with E-state index in [1.807, 2.05) is 0 Å². The lowest BCUT2D eigenvalue weighted by atomic mass is 10.2. The first-order chi connectivity index (χ1) is 9.74. The highest BCUT2D eigenvalue weighted by Crippen LogP contribution is 2.37. The fraction of sp³-hybridized carbons (Fsp3) is 0.385. The van der Waals surface area contributed by atoms with Crippen LogP contribution in [0.25, 0.3) is 0 Å². The standard InChI is InChI=1S/C13H14N4O3/c18-13(19)10-3-1-2-4-11(10)20-8-7-17-15-12(14-16-17)9-5-6-9/h1-4,9H,5-8H2,(H,18,19). The van der Waals surface area contributed by atoms with Gasteiger partial charge >= 0.3 is 5.97 Å². The number of hydrogen-bond acceptors (Lipinski definition) is 5. The number of nitrogens with zero attached hydrogens (tertiary/aromatic N) is 4. The van der Waals surface area contributed by atoms with Gasteiger partial charge in [0.15, 0.2) is 5.82 Å². The van der Waals surface area contributed by atoms with Gasteiger partial charge in [-0.25, -0.2) is 4.79 Å². The predicted molar refractivity (Wildman–Crippen MR) is 68.7 cm³/mol. The molecule has 20 heavy (non-hydrogen) atoms. The lowest BCUT2D eigenvalue weighted by Crippen LogP contribution is -2.12. The van der Waals surface area contributed by atoms with Crippen LogP contribution in [0.15, 0.2) is 24.3 Å². The number of carboxylic acids is 1. The van der Waals surface area contributed by atoms with E-state index in [4.69, 9.17) is 9.84 Å². The van der Waals surface area contributed by atoms with Gasteiger partial charge in [0.1, 0.15) is 17.9 Å². The van der Waals surface area contributed by atoms with E-state index in [1.165, 1.54) is 10.9 Å². The van der Waals surface area contributed by atoms with Crippen LogP contribution >= 0.6 is 0 Å². The molecule has 0 unspecified atom stereocenters. The Morgan fingerprint density at radius 2 is 2.20 bits per heavy atom. The van der Waals surface area contributed by atoms with Gasteiger partial charge in [0.05, 0.1) is 6.54 Å². The molecule has 0 amide bonds. The molecule has 1 aromatic carbocycles. The summed E-state index contributed by atoms with van der Waals surface area (Å²) in [6.45, 7) is 0.735. The first-order valence-electron chi connectivity index (χ1n) is 6.47. The van der Waals surface area contributed by atoms with Gasteiger partial charge in [0.2, 0.25) is 0 Å². The van der Waals surface area contributed by atoms with E-state index in [-0.39, 0.29) is 5.56 Å². The fourth-order valence-electron chi connectivity index (χ4n) is 1.86. The van der Waals surface area contributed by atoms with Crippen LogP contribution in [-0.4, -0.2) is 37.9 Å². The first kappa shape index (κ1) is 12.6. The van der Waals surface area contributed by atoms with Crippen molar-refractivity contribution >= 4 is 5.97 Å². The Kier molecular flexibility index (Phi) is 3.32. The van der Waals surface area contributed by atoms with Crippen molar-refractivity contribution in [2.75, 3.05) is 6.61 Å². The molecular formula is C13H14N4O3. The summed E-state index contributed by atoms with van der Waals surface area (Å²) < 4.78 is 5.48. The molecule has 1 fully saturated rings. The number of aromatic nitrogens is 4. The minimum atomic E-state index is -1.00. The van der Waals surface area contributed by atoms with E-state index in [9.17, 15) is 4.79 Å². The third-order valence-corrected chi connectivity index (χ3v) is 3.08. The highest BCUT2D eigenvalue weighted by atomic mass is 16.5. The summed E-state index contributed by atoms with van der Waals surface area (Å²) in [5, 5.41) is 21.2. The second kappa shape index (κ2) is 5.28. The van der Waals surface area contributed by atoms with Crippen molar-refractivity contribution < 1.29 is 14.6 Å². The average molecular weight is 274 g/mol. The van der Waals surface area contributed by atoms with Gasteiger partial charge in [0.25, 0.3) is 0 Å². The number of hydrogen-bond donors (Lipinski definition) is 1. The highest BCUT2D eigenvalue weighted by molar-refractivity contribution is 5.90. The Balaban J connectivity index is 1.57. The van der Waals surface area contributed by atoms with Crippen LogP contribution in [0.4, 0.5) is 0 Å². The van der Waals surface area contributed by atoms with E-state index in [2.05, 4.69) is 15.4 Å². The summed E-state index contributed by atoms with van der Waals surface area (Å²) in [6.07, 6.45) is 2.27. The molecule has 0 radical (unpaired) electrons. The maximum Gasteiger partial charge on any atom is 0.339 e. The zero-order valence-corrected chi connectivity index (χ0v) is 10.8. The topological polar surface area (TPSA) is 90.1 Å². The van der Waals surface area contributed by atoms with Crippen molar-refractivity contribution in [3.8, 4) is 5.75 Å². The van der Waals surface area contributed by atoms with Gasteiger partial charge in [-0.15, -0.1) is 10.2 Å². The normalized spacial score (nSPS) is 14.2. The highest BCUT2D eigenvalue weighted by Gasteiger charge is 2.28. The molecule has 2 aromatic rings. The Morgan fingerprint density at radius 1 is 1.40 bits per heavy atom. The number of para-hydroxylation sites is 1. The molecule has 0 saturated heterocycles. The number of carboxylic acid groups (broad SMARTS) is 1. The summed E-state index contributed by atoms with van der Waals surface area (Å²) in [6, 6.07) is 6.54. The molecular weight excluding hydrogens is 260 g/mol. The van der Waals surface area contributed by atoms with Crippen molar-refractivity contribution in [2.24, 2.45) is 0 Å². The van der Waals surface area contributed by atoms with Crippen LogP contribution in [-0.2, 0) is 6.54 Å². The Morgan fingerprint density at radius 3 is 2.95 bits per heavy atom. The Labute approximate surface area is 115 Å². The van der Waals surface area contributed by atoms with Gasteiger partial charge in [-0.3, -0.25) is 0 Å². The minimum Gasteiger partial charge on any atom is -0.491 e. The predicted octanol–water partition coefficient (Wildman–Crippen LogP) is 1.33. The van der Waals surface area contributed by atoms with Crippen LogP contribution in [0.5, 0.6) is 5.75 Å². The minimum absolute atomic E-state index is 0.151. The van der Waals surface area contributed by atoms with Crippen molar-refractivity contribution in [1.29, 1.82) is 0 Å². The molecule has 3 rings (SSSR count). The van der Waals surface area contributed by atoms with Gasteiger partial charge in [-0.2, -0.15) is 4.80 Å². The van der Waals surface area contributed by atoms with Crippen molar-refractivity contribution in [2.45, 2.75) is 25.3 Å².